The predicted molar refractivity (Wildman–Crippen MR) is 88.1 cm³/mol. The highest BCUT2D eigenvalue weighted by Gasteiger charge is 2.37. The summed E-state index contributed by atoms with van der Waals surface area (Å²) in [5, 5.41) is 2.87. The van der Waals surface area contributed by atoms with Gasteiger partial charge in [-0.05, 0) is 42.9 Å². The highest BCUT2D eigenvalue weighted by Crippen LogP contribution is 2.27. The molecule has 0 spiro atoms. The number of hydrogen-bond donors (Lipinski definition) is 1. The number of carbonyl (C=O) groups excluding carboxylic acids is 1. The van der Waals surface area contributed by atoms with Gasteiger partial charge in [0.2, 0.25) is 5.89 Å². The van der Waals surface area contributed by atoms with Crippen molar-refractivity contribution in [3.05, 3.63) is 29.7 Å². The van der Waals surface area contributed by atoms with E-state index in [2.05, 4.69) is 37.1 Å². The first-order valence-electron chi connectivity index (χ1n) is 8.10. The second kappa shape index (κ2) is 5.64. The number of nitrogens with zero attached hydrogens (tertiary/aromatic N) is 1. The molecule has 3 rings (SSSR count). The minimum Gasteiger partial charge on any atom is -0.439 e. The van der Waals surface area contributed by atoms with Crippen molar-refractivity contribution in [3.8, 4) is 0 Å². The number of fused-ring (bicyclic) bond motifs is 1. The van der Waals surface area contributed by atoms with Gasteiger partial charge in [0, 0.05) is 6.61 Å². The van der Waals surface area contributed by atoms with Crippen molar-refractivity contribution < 1.29 is 13.9 Å². The average molecular weight is 316 g/mol. The van der Waals surface area contributed by atoms with E-state index in [0.717, 1.165) is 23.9 Å². The molecule has 1 saturated heterocycles. The van der Waals surface area contributed by atoms with E-state index in [1.807, 2.05) is 19.1 Å². The zero-order chi connectivity index (χ0) is 16.7. The molecule has 0 saturated carbocycles. The molecule has 23 heavy (non-hydrogen) atoms. The molecule has 1 N–H and O–H groups in total. The van der Waals surface area contributed by atoms with E-state index in [4.69, 9.17) is 9.15 Å². The van der Waals surface area contributed by atoms with Crippen molar-refractivity contribution in [2.24, 2.45) is 0 Å². The smallest absolute Gasteiger partial charge is 0.252 e. The fourth-order valence-corrected chi connectivity index (χ4v) is 2.82. The first kappa shape index (κ1) is 16.0. The third kappa shape index (κ3) is 3.24. The van der Waals surface area contributed by atoms with Crippen LogP contribution in [0.1, 0.15) is 52.0 Å². The monoisotopic (exact) mass is 316 g/mol. The normalized spacial score (nSPS) is 21.7. The van der Waals surface area contributed by atoms with Crippen LogP contribution < -0.4 is 5.32 Å². The Labute approximate surface area is 136 Å². The molecule has 1 fully saturated rings. The summed E-state index contributed by atoms with van der Waals surface area (Å²) in [4.78, 5) is 16.7. The maximum atomic E-state index is 12.2. The molecular formula is C18H24N2O3. The number of amides is 1. The molecule has 0 aliphatic carbocycles. The summed E-state index contributed by atoms with van der Waals surface area (Å²) in [6, 6.07) is 6.05. The van der Waals surface area contributed by atoms with Crippen LogP contribution in [0, 0.1) is 0 Å². The second-order valence-corrected chi connectivity index (χ2v) is 7.41. The van der Waals surface area contributed by atoms with Crippen LogP contribution in [0.4, 0.5) is 0 Å². The average Bonchev–Trinajstić information content (AvgIpc) is 3.09. The Morgan fingerprint density at radius 3 is 2.83 bits per heavy atom. The van der Waals surface area contributed by atoms with Crippen LogP contribution in [0.5, 0.6) is 0 Å². The summed E-state index contributed by atoms with van der Waals surface area (Å²) < 4.78 is 11.3. The predicted octanol–water partition coefficient (Wildman–Crippen LogP) is 3.31. The zero-order valence-corrected chi connectivity index (χ0v) is 14.2. The van der Waals surface area contributed by atoms with Crippen LogP contribution in [-0.2, 0) is 21.5 Å². The van der Waals surface area contributed by atoms with Crippen LogP contribution in [0.3, 0.4) is 0 Å². The fourth-order valence-electron chi connectivity index (χ4n) is 2.82. The Morgan fingerprint density at radius 2 is 2.17 bits per heavy atom. The first-order chi connectivity index (χ1) is 10.8. The van der Waals surface area contributed by atoms with E-state index in [9.17, 15) is 4.79 Å². The van der Waals surface area contributed by atoms with Gasteiger partial charge in [-0.1, -0.05) is 26.8 Å². The molecule has 2 aromatic rings. The molecule has 5 nitrogen and oxygen atoms in total. The SMILES string of the molecule is CC(C)(C)c1ccc2oc(CNC(=O)[C@]3(C)CCCO3)nc2c1. The van der Waals surface area contributed by atoms with Crippen molar-refractivity contribution in [1.29, 1.82) is 0 Å². The van der Waals surface area contributed by atoms with E-state index < -0.39 is 5.60 Å². The molecule has 2 heterocycles. The van der Waals surface area contributed by atoms with Gasteiger partial charge >= 0.3 is 0 Å². The number of ether oxygens (including phenoxy) is 1. The number of oxazole rings is 1. The quantitative estimate of drug-likeness (QED) is 0.943. The molecule has 0 bridgehead atoms. The van der Waals surface area contributed by atoms with E-state index in [1.165, 1.54) is 5.56 Å². The van der Waals surface area contributed by atoms with E-state index >= 15 is 0 Å². The molecule has 1 aromatic heterocycles. The van der Waals surface area contributed by atoms with Gasteiger partial charge in [-0.3, -0.25) is 4.79 Å². The van der Waals surface area contributed by atoms with Crippen LogP contribution >= 0.6 is 0 Å². The topological polar surface area (TPSA) is 64.4 Å². The second-order valence-electron chi connectivity index (χ2n) is 7.41. The standard InChI is InChI=1S/C18H24N2O3/c1-17(2,3)12-6-7-14-13(10-12)20-15(23-14)11-19-16(21)18(4)8-5-9-22-18/h6-7,10H,5,8-9,11H2,1-4H3,(H,19,21)/t18-/m0/s1. The van der Waals surface area contributed by atoms with Gasteiger partial charge in [0.25, 0.3) is 5.91 Å². The number of carbonyl (C=O) groups is 1. The largest absolute Gasteiger partial charge is 0.439 e. The van der Waals surface area contributed by atoms with E-state index in [-0.39, 0.29) is 17.9 Å². The lowest BCUT2D eigenvalue weighted by atomic mass is 9.87. The lowest BCUT2D eigenvalue weighted by Crippen LogP contribution is -2.43. The fraction of sp³-hybridized carbons (Fsp3) is 0.556. The van der Waals surface area contributed by atoms with Gasteiger partial charge in [-0.2, -0.15) is 0 Å². The Bertz CT molecular complexity index is 721. The minimum atomic E-state index is -0.717. The summed E-state index contributed by atoms with van der Waals surface area (Å²) in [5.41, 5.74) is 2.12. The summed E-state index contributed by atoms with van der Waals surface area (Å²) in [7, 11) is 0. The Balaban J connectivity index is 1.72. The molecule has 1 aliphatic rings. The molecule has 1 amide bonds. The molecule has 124 valence electrons. The highest BCUT2D eigenvalue weighted by atomic mass is 16.5. The van der Waals surface area contributed by atoms with Crippen LogP contribution in [0.15, 0.2) is 22.6 Å². The number of rotatable bonds is 3. The Morgan fingerprint density at radius 1 is 1.39 bits per heavy atom. The first-order valence-corrected chi connectivity index (χ1v) is 8.10. The van der Waals surface area contributed by atoms with Crippen molar-refractivity contribution in [1.82, 2.24) is 10.3 Å². The molecule has 1 atom stereocenters. The summed E-state index contributed by atoms with van der Waals surface area (Å²) in [6.45, 7) is 9.24. The zero-order valence-electron chi connectivity index (χ0n) is 14.2. The van der Waals surface area contributed by atoms with E-state index in [0.29, 0.717) is 12.5 Å². The van der Waals surface area contributed by atoms with Crippen molar-refractivity contribution >= 4 is 17.0 Å². The Hall–Kier alpha value is -1.88. The summed E-state index contributed by atoms with van der Waals surface area (Å²) >= 11 is 0. The lowest BCUT2D eigenvalue weighted by molar-refractivity contribution is -0.139. The highest BCUT2D eigenvalue weighted by molar-refractivity contribution is 5.85. The molecule has 0 radical (unpaired) electrons. The summed E-state index contributed by atoms with van der Waals surface area (Å²) in [6.07, 6.45) is 1.67. The maximum absolute atomic E-state index is 12.2. The van der Waals surface area contributed by atoms with Gasteiger partial charge in [0.1, 0.15) is 11.1 Å². The number of benzene rings is 1. The molecule has 1 aromatic carbocycles. The third-order valence-electron chi connectivity index (χ3n) is 4.40. The number of nitrogens with one attached hydrogen (secondary N) is 1. The molecule has 1 aliphatic heterocycles. The summed E-state index contributed by atoms with van der Waals surface area (Å²) in [5.74, 6) is 0.411. The van der Waals surface area contributed by atoms with Gasteiger partial charge in [0.05, 0.1) is 6.54 Å². The number of hydrogen-bond acceptors (Lipinski definition) is 4. The lowest BCUT2D eigenvalue weighted by Gasteiger charge is -2.21. The van der Waals surface area contributed by atoms with Crippen molar-refractivity contribution in [2.75, 3.05) is 6.61 Å². The number of aromatic nitrogens is 1. The van der Waals surface area contributed by atoms with Gasteiger partial charge in [-0.15, -0.1) is 0 Å². The van der Waals surface area contributed by atoms with Gasteiger partial charge in [0.15, 0.2) is 5.58 Å². The minimum absolute atomic E-state index is 0.0654. The Kier molecular flexibility index (Phi) is 3.92. The molecule has 5 heteroatoms. The molecular weight excluding hydrogens is 292 g/mol. The van der Waals surface area contributed by atoms with Crippen molar-refractivity contribution in [2.45, 2.75) is 58.1 Å². The van der Waals surface area contributed by atoms with E-state index in [1.54, 1.807) is 0 Å². The molecule has 0 unspecified atom stereocenters. The van der Waals surface area contributed by atoms with Gasteiger partial charge in [-0.25, -0.2) is 4.98 Å². The van der Waals surface area contributed by atoms with Crippen LogP contribution in [-0.4, -0.2) is 23.1 Å². The van der Waals surface area contributed by atoms with Gasteiger partial charge < -0.3 is 14.5 Å². The third-order valence-corrected chi connectivity index (χ3v) is 4.40. The van der Waals surface area contributed by atoms with Crippen LogP contribution in [0.2, 0.25) is 0 Å². The van der Waals surface area contributed by atoms with Crippen molar-refractivity contribution in [3.63, 3.8) is 0 Å². The van der Waals surface area contributed by atoms with Crippen LogP contribution in [0.25, 0.3) is 11.1 Å². The maximum Gasteiger partial charge on any atom is 0.252 e.